The molecule has 0 spiro atoms. The maximum Gasteiger partial charge on any atom is 0.256 e. The normalized spacial score (nSPS) is 10.4. The molecule has 100 valence electrons. The van der Waals surface area contributed by atoms with Crippen molar-refractivity contribution in [1.29, 1.82) is 0 Å². The van der Waals surface area contributed by atoms with Crippen LogP contribution in [0.25, 0.3) is 5.82 Å². The van der Waals surface area contributed by atoms with Gasteiger partial charge in [-0.15, -0.1) is 0 Å². The summed E-state index contributed by atoms with van der Waals surface area (Å²) in [6.45, 7) is 0. The lowest BCUT2D eigenvalue weighted by Gasteiger charge is -2.07. The fourth-order valence-electron chi connectivity index (χ4n) is 1.77. The molecule has 0 bridgehead atoms. The lowest BCUT2D eigenvalue weighted by molar-refractivity contribution is 0.775. The zero-order valence-electron chi connectivity index (χ0n) is 10.8. The maximum atomic E-state index is 11.8. The van der Waals surface area contributed by atoms with Crippen molar-refractivity contribution in [1.82, 2.24) is 24.3 Å². The van der Waals surface area contributed by atoms with E-state index < -0.39 is 0 Å². The van der Waals surface area contributed by atoms with Gasteiger partial charge in [0.15, 0.2) is 0 Å². The smallest absolute Gasteiger partial charge is 0.256 e. The van der Waals surface area contributed by atoms with Gasteiger partial charge < -0.3 is 5.32 Å². The first-order valence-electron chi connectivity index (χ1n) is 6.00. The molecule has 0 aliphatic carbocycles. The Morgan fingerprint density at radius 2 is 2.05 bits per heavy atom. The molecule has 0 atom stereocenters. The minimum absolute atomic E-state index is 0.141. The van der Waals surface area contributed by atoms with E-state index in [1.807, 2.05) is 13.1 Å². The Labute approximate surface area is 114 Å². The third kappa shape index (κ3) is 2.28. The third-order valence-corrected chi connectivity index (χ3v) is 2.77. The van der Waals surface area contributed by atoms with Gasteiger partial charge in [0.05, 0.1) is 6.20 Å². The number of aryl methyl sites for hydroxylation is 1. The second-order valence-corrected chi connectivity index (χ2v) is 4.11. The van der Waals surface area contributed by atoms with Crippen molar-refractivity contribution in [2.24, 2.45) is 7.05 Å². The molecular weight excluding hydrogens is 256 g/mol. The van der Waals surface area contributed by atoms with Crippen molar-refractivity contribution >= 4 is 11.8 Å². The molecule has 0 saturated heterocycles. The van der Waals surface area contributed by atoms with Gasteiger partial charge in [0.25, 0.3) is 5.56 Å². The standard InChI is InChI=1S/C13H12N6O/c1-18-10(6-8-15-18)16-13-14-7-5-11(17-13)19-9-3-2-4-12(19)20/h2-9H,1H3,(H,14,16,17). The fraction of sp³-hybridized carbons (Fsp3) is 0.0769. The van der Waals surface area contributed by atoms with E-state index in [0.29, 0.717) is 11.8 Å². The zero-order chi connectivity index (χ0) is 13.9. The van der Waals surface area contributed by atoms with Crippen LogP contribution in [0, 0.1) is 0 Å². The molecule has 20 heavy (non-hydrogen) atoms. The summed E-state index contributed by atoms with van der Waals surface area (Å²) in [6, 6.07) is 8.43. The van der Waals surface area contributed by atoms with Gasteiger partial charge in [-0.05, 0) is 12.1 Å². The summed E-state index contributed by atoms with van der Waals surface area (Å²) >= 11 is 0. The van der Waals surface area contributed by atoms with E-state index in [4.69, 9.17) is 0 Å². The first-order valence-corrected chi connectivity index (χ1v) is 6.00. The predicted molar refractivity (Wildman–Crippen MR) is 74.1 cm³/mol. The number of nitrogens with one attached hydrogen (secondary N) is 1. The van der Waals surface area contributed by atoms with E-state index in [9.17, 15) is 4.79 Å². The van der Waals surface area contributed by atoms with Gasteiger partial charge in [-0.3, -0.25) is 14.0 Å². The van der Waals surface area contributed by atoms with Gasteiger partial charge in [-0.25, -0.2) is 4.98 Å². The maximum absolute atomic E-state index is 11.8. The Balaban J connectivity index is 1.96. The molecule has 0 fully saturated rings. The summed E-state index contributed by atoms with van der Waals surface area (Å²) in [5, 5.41) is 7.10. The van der Waals surface area contributed by atoms with Gasteiger partial charge in [0, 0.05) is 31.6 Å². The largest absolute Gasteiger partial charge is 0.309 e. The van der Waals surface area contributed by atoms with Gasteiger partial charge in [0.1, 0.15) is 11.6 Å². The van der Waals surface area contributed by atoms with Crippen molar-refractivity contribution in [2.45, 2.75) is 0 Å². The first kappa shape index (κ1) is 12.1. The lowest BCUT2D eigenvalue weighted by atomic mass is 10.4. The molecule has 0 radical (unpaired) electrons. The first-order chi connectivity index (χ1) is 9.74. The number of nitrogens with zero attached hydrogens (tertiary/aromatic N) is 5. The van der Waals surface area contributed by atoms with Crippen molar-refractivity contribution in [3.63, 3.8) is 0 Å². The van der Waals surface area contributed by atoms with Crippen LogP contribution in [0.15, 0.2) is 53.7 Å². The molecule has 3 aromatic heterocycles. The van der Waals surface area contributed by atoms with Gasteiger partial charge in [0.2, 0.25) is 5.95 Å². The summed E-state index contributed by atoms with van der Waals surface area (Å²) in [5.41, 5.74) is -0.141. The van der Waals surface area contributed by atoms with Crippen LogP contribution < -0.4 is 10.9 Å². The number of aromatic nitrogens is 5. The Morgan fingerprint density at radius 3 is 2.80 bits per heavy atom. The Morgan fingerprint density at radius 1 is 1.15 bits per heavy atom. The van der Waals surface area contributed by atoms with Crippen molar-refractivity contribution < 1.29 is 0 Å². The lowest BCUT2D eigenvalue weighted by Crippen LogP contribution is -2.17. The van der Waals surface area contributed by atoms with E-state index in [1.165, 1.54) is 10.6 Å². The van der Waals surface area contributed by atoms with E-state index >= 15 is 0 Å². The summed E-state index contributed by atoms with van der Waals surface area (Å²) in [6.07, 6.45) is 4.94. The molecule has 1 N–H and O–H groups in total. The van der Waals surface area contributed by atoms with Crippen LogP contribution in [0.3, 0.4) is 0 Å². The molecule has 0 saturated carbocycles. The Bertz CT molecular complexity index is 791. The average molecular weight is 268 g/mol. The second kappa shape index (κ2) is 4.96. The molecule has 0 aromatic carbocycles. The monoisotopic (exact) mass is 268 g/mol. The molecule has 0 aliphatic heterocycles. The summed E-state index contributed by atoms with van der Waals surface area (Å²) in [5.74, 6) is 1.68. The molecule has 3 aromatic rings. The number of rotatable bonds is 3. The highest BCUT2D eigenvalue weighted by molar-refractivity contribution is 5.48. The van der Waals surface area contributed by atoms with Crippen LogP contribution in [0.1, 0.15) is 0 Å². The molecule has 7 heteroatoms. The average Bonchev–Trinajstić information content (AvgIpc) is 2.85. The van der Waals surface area contributed by atoms with Crippen LogP contribution >= 0.6 is 0 Å². The van der Waals surface area contributed by atoms with Crippen LogP contribution in [-0.4, -0.2) is 24.3 Å². The number of anilines is 2. The number of pyridine rings is 1. The summed E-state index contributed by atoms with van der Waals surface area (Å²) in [4.78, 5) is 20.2. The molecule has 3 heterocycles. The quantitative estimate of drug-likeness (QED) is 0.769. The molecular formula is C13H12N6O. The highest BCUT2D eigenvalue weighted by Gasteiger charge is 2.04. The van der Waals surface area contributed by atoms with Crippen molar-refractivity contribution in [2.75, 3.05) is 5.32 Å². The highest BCUT2D eigenvalue weighted by atomic mass is 16.1. The molecule has 0 aliphatic rings. The van der Waals surface area contributed by atoms with E-state index in [1.54, 1.807) is 41.5 Å². The third-order valence-electron chi connectivity index (χ3n) is 2.77. The Kier molecular flexibility index (Phi) is 3.00. The minimum atomic E-state index is -0.141. The van der Waals surface area contributed by atoms with Crippen molar-refractivity contribution in [3.05, 3.63) is 59.3 Å². The van der Waals surface area contributed by atoms with E-state index in [2.05, 4.69) is 20.4 Å². The minimum Gasteiger partial charge on any atom is -0.309 e. The second-order valence-electron chi connectivity index (χ2n) is 4.11. The van der Waals surface area contributed by atoms with E-state index in [-0.39, 0.29) is 5.56 Å². The predicted octanol–water partition coefficient (Wildman–Crippen LogP) is 1.10. The van der Waals surface area contributed by atoms with Crippen LogP contribution in [0.2, 0.25) is 0 Å². The summed E-state index contributed by atoms with van der Waals surface area (Å²) < 4.78 is 3.13. The molecule has 0 unspecified atom stereocenters. The van der Waals surface area contributed by atoms with Crippen LogP contribution in [-0.2, 0) is 7.05 Å². The Hall–Kier alpha value is -2.96. The molecule has 0 amide bonds. The number of hydrogen-bond acceptors (Lipinski definition) is 5. The van der Waals surface area contributed by atoms with Gasteiger partial charge in [-0.2, -0.15) is 10.1 Å². The molecule has 7 nitrogen and oxygen atoms in total. The molecule has 3 rings (SSSR count). The SMILES string of the molecule is Cn1nccc1Nc1nccc(-n2ccccc2=O)n1. The van der Waals surface area contributed by atoms with Gasteiger partial charge >= 0.3 is 0 Å². The number of hydrogen-bond donors (Lipinski definition) is 1. The van der Waals surface area contributed by atoms with Crippen molar-refractivity contribution in [3.8, 4) is 5.82 Å². The van der Waals surface area contributed by atoms with Crippen LogP contribution in [0.4, 0.5) is 11.8 Å². The van der Waals surface area contributed by atoms with Gasteiger partial charge in [-0.1, -0.05) is 6.07 Å². The highest BCUT2D eigenvalue weighted by Crippen LogP contribution is 2.11. The topological polar surface area (TPSA) is 77.6 Å². The fourth-order valence-corrected chi connectivity index (χ4v) is 1.77. The van der Waals surface area contributed by atoms with E-state index in [0.717, 1.165) is 5.82 Å². The summed E-state index contributed by atoms with van der Waals surface area (Å²) in [7, 11) is 1.81. The van der Waals surface area contributed by atoms with Crippen LogP contribution in [0.5, 0.6) is 0 Å². The zero-order valence-corrected chi connectivity index (χ0v) is 10.8.